The van der Waals surface area contributed by atoms with Gasteiger partial charge in [0.25, 0.3) is 5.88 Å². The first-order valence-corrected chi connectivity index (χ1v) is 8.87. The molecule has 13 nitrogen and oxygen atoms in total. The minimum Gasteiger partial charge on any atom is -0.476 e. The lowest BCUT2D eigenvalue weighted by atomic mass is 9.90. The summed E-state index contributed by atoms with van der Waals surface area (Å²) >= 11 is 0. The molecule has 0 fully saturated rings. The summed E-state index contributed by atoms with van der Waals surface area (Å²) in [7, 11) is 0. The Balaban J connectivity index is 2.63. The first kappa shape index (κ1) is 21.8. The Bertz CT molecular complexity index is 830. The zero-order chi connectivity index (χ0) is 21.4. The topological polar surface area (TPSA) is 171 Å². The summed E-state index contributed by atoms with van der Waals surface area (Å²) in [4.78, 5) is 37.6. The minimum absolute atomic E-state index is 0.00405. The lowest BCUT2D eigenvalue weighted by Crippen LogP contribution is -2.62. The number of carbonyl (C=O) groups is 3. The van der Waals surface area contributed by atoms with Crippen LogP contribution in [0.25, 0.3) is 11.6 Å². The Hall–Kier alpha value is -3.51. The van der Waals surface area contributed by atoms with Gasteiger partial charge in [-0.15, -0.1) is 10.2 Å². The van der Waals surface area contributed by atoms with E-state index >= 15 is 0 Å². The third kappa shape index (κ3) is 4.67. The molecule has 0 bridgehead atoms. The van der Waals surface area contributed by atoms with Gasteiger partial charge >= 0.3 is 11.9 Å². The molecule has 0 spiro atoms. The summed E-state index contributed by atoms with van der Waals surface area (Å²) in [5.41, 5.74) is -2.04. The summed E-state index contributed by atoms with van der Waals surface area (Å²) < 4.78 is 20.8. The van der Waals surface area contributed by atoms with E-state index in [-0.39, 0.29) is 42.8 Å². The molecule has 29 heavy (non-hydrogen) atoms. The van der Waals surface area contributed by atoms with Crippen LogP contribution in [0.3, 0.4) is 0 Å². The van der Waals surface area contributed by atoms with Crippen LogP contribution in [-0.4, -0.2) is 69.0 Å². The molecular formula is C16H22N6O7. The molecule has 0 atom stereocenters. The monoisotopic (exact) mass is 410 g/mol. The molecule has 0 radical (unpaired) electrons. The number of aromatic amines is 1. The summed E-state index contributed by atoms with van der Waals surface area (Å²) in [5, 5.41) is 19.5. The Morgan fingerprint density at radius 3 is 2.24 bits per heavy atom. The molecule has 0 aliphatic carbocycles. The van der Waals surface area contributed by atoms with Crippen LogP contribution in [0.5, 0.6) is 5.88 Å². The Morgan fingerprint density at radius 1 is 1.10 bits per heavy atom. The molecule has 2 aromatic rings. The van der Waals surface area contributed by atoms with Crippen LogP contribution in [0.1, 0.15) is 33.3 Å². The van der Waals surface area contributed by atoms with Crippen molar-refractivity contribution >= 4 is 17.8 Å². The molecule has 13 heteroatoms. The third-order valence-corrected chi connectivity index (χ3v) is 3.66. The van der Waals surface area contributed by atoms with Crippen LogP contribution in [-0.2, 0) is 30.3 Å². The molecule has 1 amide bonds. The number of carbonyl (C=O) groups excluding carboxylic acids is 3. The summed E-state index contributed by atoms with van der Waals surface area (Å²) in [6, 6.07) is 0. The predicted molar refractivity (Wildman–Crippen MR) is 94.4 cm³/mol. The zero-order valence-electron chi connectivity index (χ0n) is 16.5. The molecule has 0 aliphatic rings. The lowest BCUT2D eigenvalue weighted by molar-refractivity contribution is -0.168. The van der Waals surface area contributed by atoms with Crippen molar-refractivity contribution in [3.05, 3.63) is 5.56 Å². The Morgan fingerprint density at radius 2 is 1.76 bits per heavy atom. The number of nitrogens with one attached hydrogen (secondary N) is 2. The second-order valence-corrected chi connectivity index (χ2v) is 5.67. The van der Waals surface area contributed by atoms with Gasteiger partial charge in [-0.2, -0.15) is 5.21 Å². The third-order valence-electron chi connectivity index (χ3n) is 3.66. The van der Waals surface area contributed by atoms with Crippen LogP contribution in [0.2, 0.25) is 0 Å². The van der Waals surface area contributed by atoms with E-state index in [2.05, 4.69) is 31.1 Å². The van der Waals surface area contributed by atoms with E-state index in [4.69, 9.17) is 18.7 Å². The van der Waals surface area contributed by atoms with Crippen molar-refractivity contribution < 1.29 is 33.1 Å². The fourth-order valence-corrected chi connectivity index (χ4v) is 2.58. The Labute approximate surface area is 165 Å². The number of H-pyrrole nitrogens is 1. The van der Waals surface area contributed by atoms with Gasteiger partial charge in [0.15, 0.2) is 0 Å². The highest BCUT2D eigenvalue weighted by molar-refractivity contribution is 6.08. The highest BCUT2D eigenvalue weighted by Crippen LogP contribution is 2.33. The summed E-state index contributed by atoms with van der Waals surface area (Å²) in [6.07, 6.45) is -0.438. The van der Waals surface area contributed by atoms with Crippen molar-refractivity contribution in [2.24, 2.45) is 0 Å². The van der Waals surface area contributed by atoms with Crippen LogP contribution >= 0.6 is 0 Å². The van der Waals surface area contributed by atoms with Crippen molar-refractivity contribution in [2.45, 2.75) is 39.7 Å². The standard InChI is InChI=1S/C16H22N6O7/c1-5-26-13-10(11(29-20-13)12-18-21-22-19-12)8-16(17-9(4)23,14(24)27-6-2)15(25)28-7-3/h5-8H2,1-4H3,(H,17,23)(H,18,19,21,22). The molecule has 158 valence electrons. The van der Waals surface area contributed by atoms with Gasteiger partial charge in [0.2, 0.25) is 23.0 Å². The van der Waals surface area contributed by atoms with Crippen molar-refractivity contribution in [3.8, 4) is 17.5 Å². The molecule has 0 saturated carbocycles. The number of amides is 1. The van der Waals surface area contributed by atoms with Crippen LogP contribution in [0.15, 0.2) is 4.52 Å². The maximum atomic E-state index is 12.8. The smallest absolute Gasteiger partial charge is 0.344 e. The van der Waals surface area contributed by atoms with Crippen LogP contribution < -0.4 is 10.1 Å². The van der Waals surface area contributed by atoms with Crippen molar-refractivity contribution in [3.63, 3.8) is 0 Å². The summed E-state index contributed by atoms with van der Waals surface area (Å²) in [5.74, 6) is -2.64. The van der Waals surface area contributed by atoms with E-state index < -0.39 is 29.8 Å². The van der Waals surface area contributed by atoms with Gasteiger partial charge in [-0.05, 0) is 31.1 Å². The number of ether oxygens (including phenoxy) is 3. The maximum absolute atomic E-state index is 12.8. The number of rotatable bonds is 10. The SMILES string of the molecule is CCOC(=O)C(Cc1c(OCC)noc1-c1nn[nH]n1)(NC(C)=O)C(=O)OCC. The highest BCUT2D eigenvalue weighted by atomic mass is 16.6. The van der Waals surface area contributed by atoms with E-state index in [1.807, 2.05) is 0 Å². The summed E-state index contributed by atoms with van der Waals surface area (Å²) in [6.45, 7) is 6.17. The van der Waals surface area contributed by atoms with Gasteiger partial charge < -0.3 is 24.1 Å². The largest absolute Gasteiger partial charge is 0.476 e. The normalized spacial score (nSPS) is 11.0. The fourth-order valence-electron chi connectivity index (χ4n) is 2.58. The van der Waals surface area contributed by atoms with Gasteiger partial charge in [-0.3, -0.25) is 4.79 Å². The molecular weight excluding hydrogens is 388 g/mol. The maximum Gasteiger partial charge on any atom is 0.344 e. The molecule has 2 heterocycles. The van der Waals surface area contributed by atoms with E-state index in [0.717, 1.165) is 6.92 Å². The fraction of sp³-hybridized carbons (Fsp3) is 0.562. The predicted octanol–water partition coefficient (Wildman–Crippen LogP) is -0.203. The molecule has 2 N–H and O–H groups in total. The number of esters is 2. The van der Waals surface area contributed by atoms with Gasteiger partial charge in [0.05, 0.1) is 25.4 Å². The van der Waals surface area contributed by atoms with Crippen molar-refractivity contribution in [1.29, 1.82) is 0 Å². The van der Waals surface area contributed by atoms with E-state index in [1.54, 1.807) is 20.8 Å². The quantitative estimate of drug-likeness (QED) is 0.392. The second kappa shape index (κ2) is 9.61. The van der Waals surface area contributed by atoms with Gasteiger partial charge in [-0.25, -0.2) is 9.59 Å². The molecule has 0 saturated heterocycles. The van der Waals surface area contributed by atoms with Crippen LogP contribution in [0.4, 0.5) is 0 Å². The van der Waals surface area contributed by atoms with Crippen LogP contribution in [0, 0.1) is 0 Å². The van der Waals surface area contributed by atoms with E-state index in [0.29, 0.717) is 0 Å². The second-order valence-electron chi connectivity index (χ2n) is 5.67. The molecule has 0 aromatic carbocycles. The Kier molecular flexibility index (Phi) is 7.22. The van der Waals surface area contributed by atoms with Crippen molar-refractivity contribution in [2.75, 3.05) is 19.8 Å². The van der Waals surface area contributed by atoms with Gasteiger partial charge in [0.1, 0.15) is 0 Å². The molecule has 0 unspecified atom stereocenters. The average Bonchev–Trinajstić information content (AvgIpc) is 3.31. The zero-order valence-corrected chi connectivity index (χ0v) is 16.5. The number of aromatic nitrogens is 5. The number of nitrogens with zero attached hydrogens (tertiary/aromatic N) is 4. The first-order valence-electron chi connectivity index (χ1n) is 8.87. The van der Waals surface area contributed by atoms with E-state index in [9.17, 15) is 14.4 Å². The molecule has 2 aromatic heterocycles. The number of hydrogen-bond donors (Lipinski definition) is 2. The number of tetrazole rings is 1. The number of hydrogen-bond acceptors (Lipinski definition) is 11. The van der Waals surface area contributed by atoms with E-state index in [1.165, 1.54) is 0 Å². The average molecular weight is 410 g/mol. The highest BCUT2D eigenvalue weighted by Gasteiger charge is 2.52. The first-order chi connectivity index (χ1) is 13.9. The molecule has 2 rings (SSSR count). The van der Waals surface area contributed by atoms with Crippen molar-refractivity contribution in [1.82, 2.24) is 31.1 Å². The lowest BCUT2D eigenvalue weighted by Gasteiger charge is -2.29. The van der Waals surface area contributed by atoms with Gasteiger partial charge in [-0.1, -0.05) is 0 Å². The minimum atomic E-state index is -2.20. The molecule has 0 aliphatic heterocycles. The van der Waals surface area contributed by atoms with Gasteiger partial charge in [0, 0.05) is 13.3 Å².